The van der Waals surface area contributed by atoms with Crippen molar-refractivity contribution in [3.8, 4) is 0 Å². The first kappa shape index (κ1) is 19.0. The molecule has 0 amide bonds. The third-order valence-corrected chi connectivity index (χ3v) is 6.79. The fourth-order valence-electron chi connectivity index (χ4n) is 4.28. The molecule has 2 aliphatic heterocycles. The summed E-state index contributed by atoms with van der Waals surface area (Å²) in [4.78, 5) is 12.4. The molecule has 3 heterocycles. The predicted molar refractivity (Wildman–Crippen MR) is 114 cm³/mol. The molecule has 1 aromatic heterocycles. The van der Waals surface area contributed by atoms with Crippen LogP contribution in [0.4, 0.5) is 0 Å². The summed E-state index contributed by atoms with van der Waals surface area (Å²) in [5.74, 6) is -0.0264. The molecule has 5 rings (SSSR count). The van der Waals surface area contributed by atoms with Crippen molar-refractivity contribution in [2.24, 2.45) is 0 Å². The fraction of sp³-hybridized carbons (Fsp3) is 0.364. The van der Waals surface area contributed by atoms with Gasteiger partial charge in [0.1, 0.15) is 6.10 Å². The summed E-state index contributed by atoms with van der Waals surface area (Å²) in [5.41, 5.74) is 5.42. The number of fused-ring (bicyclic) bond motifs is 3. The molecule has 0 radical (unpaired) electrons. The Balaban J connectivity index is 1.71. The van der Waals surface area contributed by atoms with Crippen LogP contribution < -0.4 is 0 Å². The number of nitrogens with zero attached hydrogens (tertiary/aromatic N) is 2. The number of hydrogen-bond donors (Lipinski definition) is 0. The van der Waals surface area contributed by atoms with Crippen LogP contribution in [0.3, 0.4) is 0 Å². The van der Waals surface area contributed by atoms with E-state index in [0.29, 0.717) is 29.4 Å². The topological polar surface area (TPSA) is 45.4 Å². The summed E-state index contributed by atoms with van der Waals surface area (Å²) in [7, 11) is 0. The molecule has 0 N–H and O–H groups in total. The van der Waals surface area contributed by atoms with E-state index in [9.17, 15) is 4.79 Å². The number of Topliss-reactive ketones (excluding diaryl/α,β-unsaturated/α-hetero) is 1. The quantitative estimate of drug-likeness (QED) is 0.565. The summed E-state index contributed by atoms with van der Waals surface area (Å²) < 4.78 is 16.2. The van der Waals surface area contributed by atoms with E-state index in [2.05, 4.69) is 35.1 Å². The van der Waals surface area contributed by atoms with Gasteiger partial charge in [0.2, 0.25) is 6.29 Å². The van der Waals surface area contributed by atoms with E-state index in [0.717, 1.165) is 16.6 Å². The van der Waals surface area contributed by atoms with Crippen molar-refractivity contribution in [2.45, 2.75) is 45.2 Å². The molecule has 0 saturated carbocycles. The molecule has 3 aromatic rings. The first-order valence-corrected chi connectivity index (χ1v) is 10.5. The third-order valence-electron chi connectivity index (χ3n) is 6.01. The summed E-state index contributed by atoms with van der Waals surface area (Å²) in [6, 6.07) is 11.9. The molecule has 2 aliphatic rings. The van der Waals surface area contributed by atoms with Crippen LogP contribution in [-0.2, 0) is 20.8 Å². The number of ether oxygens (including phenoxy) is 2. The lowest BCUT2D eigenvalue weighted by atomic mass is 10.0. The standard InChI is InChI=1S/C22H21ClN2O3S/c1-12-7-16-17(8-13(12)2)25(18-9-19(26)21-27-11-20(18)28-21)22(29)24(16)10-14-5-3-4-6-15(14)23/h3-8,18,20-21H,9-11H2,1-2H3. The van der Waals surface area contributed by atoms with Crippen LogP contribution in [-0.4, -0.2) is 33.9 Å². The second-order valence-electron chi connectivity index (χ2n) is 7.83. The van der Waals surface area contributed by atoms with Crippen LogP contribution in [0.15, 0.2) is 36.4 Å². The average Bonchev–Trinajstić information content (AvgIpc) is 3.23. The molecule has 2 fully saturated rings. The maximum atomic E-state index is 12.4. The first-order valence-electron chi connectivity index (χ1n) is 9.69. The molecule has 2 aromatic carbocycles. The van der Waals surface area contributed by atoms with Crippen LogP contribution in [0, 0.1) is 18.6 Å². The number of carbonyl (C=O) groups is 1. The number of aryl methyl sites for hydroxylation is 2. The summed E-state index contributed by atoms with van der Waals surface area (Å²) in [6.45, 7) is 5.16. The number of imidazole rings is 1. The highest BCUT2D eigenvalue weighted by Crippen LogP contribution is 2.37. The van der Waals surface area contributed by atoms with Gasteiger partial charge in [-0.3, -0.25) is 4.79 Å². The number of ketones is 1. The summed E-state index contributed by atoms with van der Waals surface area (Å²) in [6.07, 6.45) is -0.529. The van der Waals surface area contributed by atoms with Gasteiger partial charge in [-0.05, 0) is 61.0 Å². The molecule has 3 atom stereocenters. The fourth-order valence-corrected chi connectivity index (χ4v) is 4.87. The van der Waals surface area contributed by atoms with Gasteiger partial charge in [0.25, 0.3) is 0 Å². The molecule has 3 unspecified atom stereocenters. The Morgan fingerprint density at radius 3 is 2.66 bits per heavy atom. The maximum absolute atomic E-state index is 12.4. The molecule has 0 aliphatic carbocycles. The van der Waals surface area contributed by atoms with Gasteiger partial charge in [-0.25, -0.2) is 0 Å². The van der Waals surface area contributed by atoms with Crippen molar-refractivity contribution in [3.63, 3.8) is 0 Å². The van der Waals surface area contributed by atoms with Crippen LogP contribution in [0.5, 0.6) is 0 Å². The van der Waals surface area contributed by atoms with E-state index in [4.69, 9.17) is 33.3 Å². The lowest BCUT2D eigenvalue weighted by Crippen LogP contribution is -2.37. The highest BCUT2D eigenvalue weighted by Gasteiger charge is 2.44. The zero-order valence-corrected chi connectivity index (χ0v) is 17.8. The monoisotopic (exact) mass is 428 g/mol. The Morgan fingerprint density at radius 1 is 1.17 bits per heavy atom. The Labute approximate surface area is 178 Å². The van der Waals surface area contributed by atoms with Crippen LogP contribution >= 0.6 is 23.8 Å². The Bertz CT molecular complexity index is 1200. The second kappa shape index (κ2) is 7.06. The molecular formula is C22H21ClN2O3S. The molecule has 7 heteroatoms. The molecule has 0 spiro atoms. The highest BCUT2D eigenvalue weighted by molar-refractivity contribution is 7.71. The Hall–Kier alpha value is -1.99. The number of hydrogen-bond acceptors (Lipinski definition) is 4. The minimum absolute atomic E-state index is 0.0264. The zero-order valence-electron chi connectivity index (χ0n) is 16.2. The minimum Gasteiger partial charge on any atom is -0.343 e. The lowest BCUT2D eigenvalue weighted by molar-refractivity contribution is -0.156. The van der Waals surface area contributed by atoms with Crippen molar-refractivity contribution in [1.29, 1.82) is 0 Å². The Kier molecular flexibility index (Phi) is 4.62. The van der Waals surface area contributed by atoms with E-state index in [1.54, 1.807) is 0 Å². The number of rotatable bonds is 3. The normalized spacial score (nSPS) is 23.8. The van der Waals surface area contributed by atoms with Gasteiger partial charge in [-0.2, -0.15) is 0 Å². The van der Waals surface area contributed by atoms with Gasteiger partial charge in [-0.15, -0.1) is 0 Å². The SMILES string of the molecule is Cc1cc2c(cc1C)n(C1CC(=O)C3OCC1O3)c(=S)n2Cc1ccccc1Cl. The van der Waals surface area contributed by atoms with Crippen LogP contribution in [0.25, 0.3) is 11.0 Å². The second-order valence-corrected chi connectivity index (χ2v) is 8.61. The van der Waals surface area contributed by atoms with Crippen molar-refractivity contribution in [2.75, 3.05) is 6.61 Å². The number of carbonyl (C=O) groups excluding carboxylic acids is 1. The van der Waals surface area contributed by atoms with Crippen LogP contribution in [0.1, 0.15) is 29.2 Å². The van der Waals surface area contributed by atoms with E-state index in [1.807, 2.05) is 24.3 Å². The van der Waals surface area contributed by atoms with Gasteiger partial charge in [0, 0.05) is 11.4 Å². The van der Waals surface area contributed by atoms with Gasteiger partial charge in [0.15, 0.2) is 10.6 Å². The Morgan fingerprint density at radius 2 is 1.90 bits per heavy atom. The molecule has 150 valence electrons. The van der Waals surface area contributed by atoms with Gasteiger partial charge >= 0.3 is 0 Å². The number of aromatic nitrogens is 2. The van der Waals surface area contributed by atoms with E-state index >= 15 is 0 Å². The summed E-state index contributed by atoms with van der Waals surface area (Å²) in [5, 5.41) is 0.711. The minimum atomic E-state index is -0.717. The first-order chi connectivity index (χ1) is 13.9. The van der Waals surface area contributed by atoms with E-state index in [-0.39, 0.29) is 17.9 Å². The molecule has 29 heavy (non-hydrogen) atoms. The van der Waals surface area contributed by atoms with Crippen molar-refractivity contribution < 1.29 is 14.3 Å². The van der Waals surface area contributed by atoms with Crippen molar-refractivity contribution >= 4 is 40.6 Å². The number of benzene rings is 2. The summed E-state index contributed by atoms with van der Waals surface area (Å²) >= 11 is 12.4. The van der Waals surface area contributed by atoms with Crippen molar-refractivity contribution in [1.82, 2.24) is 9.13 Å². The average molecular weight is 429 g/mol. The lowest BCUT2D eigenvalue weighted by Gasteiger charge is -2.28. The third kappa shape index (κ3) is 3.06. The predicted octanol–water partition coefficient (Wildman–Crippen LogP) is 4.75. The van der Waals surface area contributed by atoms with Crippen molar-refractivity contribution in [3.05, 3.63) is 62.9 Å². The maximum Gasteiger partial charge on any atom is 0.218 e. The molecule has 2 saturated heterocycles. The molecule has 5 nitrogen and oxygen atoms in total. The molecule has 2 bridgehead atoms. The van der Waals surface area contributed by atoms with E-state index < -0.39 is 6.29 Å². The molecular weight excluding hydrogens is 408 g/mol. The smallest absolute Gasteiger partial charge is 0.218 e. The largest absolute Gasteiger partial charge is 0.343 e. The number of halogens is 1. The van der Waals surface area contributed by atoms with Gasteiger partial charge in [0.05, 0.1) is 30.2 Å². The zero-order chi connectivity index (χ0) is 20.3. The van der Waals surface area contributed by atoms with Crippen LogP contribution in [0.2, 0.25) is 5.02 Å². The van der Waals surface area contributed by atoms with E-state index in [1.165, 1.54) is 11.1 Å². The van der Waals surface area contributed by atoms with Gasteiger partial charge in [-0.1, -0.05) is 29.8 Å². The van der Waals surface area contributed by atoms with Gasteiger partial charge < -0.3 is 18.6 Å². The highest BCUT2D eigenvalue weighted by atomic mass is 35.5.